The quantitative estimate of drug-likeness (QED) is 0.446. The number of nitrogens with two attached hydrogens (primary N) is 2. The summed E-state index contributed by atoms with van der Waals surface area (Å²) in [6.45, 7) is 1.19. The number of carbonyl (C=O) groups is 2. The highest BCUT2D eigenvalue weighted by atomic mass is 16.3. The Morgan fingerprint density at radius 1 is 0.708 bits per heavy atom. The van der Waals surface area contributed by atoms with E-state index in [2.05, 4.69) is 0 Å². The van der Waals surface area contributed by atoms with E-state index >= 15 is 0 Å². The van der Waals surface area contributed by atoms with Crippen LogP contribution in [0.3, 0.4) is 0 Å². The van der Waals surface area contributed by atoms with Gasteiger partial charge in [-0.05, 0) is 24.3 Å². The average Bonchev–Trinajstić information content (AvgIpc) is 2.56. The van der Waals surface area contributed by atoms with Crippen LogP contribution in [0.25, 0.3) is 0 Å². The SMILES string of the molecule is NCCN.O=Cc1ccc(O)cc1O.O=Cc1ccc(O)cc1O. The molecule has 24 heavy (non-hydrogen) atoms. The van der Waals surface area contributed by atoms with Crippen molar-refractivity contribution in [3.05, 3.63) is 47.5 Å². The molecule has 0 aromatic heterocycles. The van der Waals surface area contributed by atoms with E-state index < -0.39 is 0 Å². The van der Waals surface area contributed by atoms with Gasteiger partial charge in [0.25, 0.3) is 0 Å². The van der Waals surface area contributed by atoms with Crippen molar-refractivity contribution in [2.45, 2.75) is 0 Å². The van der Waals surface area contributed by atoms with Crippen LogP contribution in [0.5, 0.6) is 23.0 Å². The third-order valence-electron chi connectivity index (χ3n) is 2.45. The lowest BCUT2D eigenvalue weighted by molar-refractivity contribution is 0.111. The number of benzene rings is 2. The van der Waals surface area contributed by atoms with E-state index in [9.17, 15) is 9.59 Å². The zero-order chi connectivity index (χ0) is 18.5. The molecule has 0 heterocycles. The molecule has 0 saturated carbocycles. The highest BCUT2D eigenvalue weighted by Gasteiger charge is 1.99. The summed E-state index contributed by atoms with van der Waals surface area (Å²) in [6.07, 6.45) is 1.05. The molecule has 8 nitrogen and oxygen atoms in total. The van der Waals surface area contributed by atoms with Crippen LogP contribution < -0.4 is 11.5 Å². The number of carbonyl (C=O) groups excluding carboxylic acids is 2. The molecule has 0 fully saturated rings. The standard InChI is InChI=1S/2C7H6O3.C2H8N2/c2*8-4-5-1-2-6(9)3-7(5)10;3-1-2-4/h2*1-4,9-10H;1-4H2. The lowest BCUT2D eigenvalue weighted by Gasteiger charge is -1.95. The van der Waals surface area contributed by atoms with Gasteiger partial charge in [0.15, 0.2) is 12.6 Å². The Morgan fingerprint density at radius 3 is 1.25 bits per heavy atom. The summed E-state index contributed by atoms with van der Waals surface area (Å²) in [4.78, 5) is 20.2. The molecule has 130 valence electrons. The van der Waals surface area contributed by atoms with E-state index in [0.717, 1.165) is 12.1 Å². The van der Waals surface area contributed by atoms with Crippen LogP contribution >= 0.6 is 0 Å². The fraction of sp³-hybridized carbons (Fsp3) is 0.125. The highest BCUT2D eigenvalue weighted by molar-refractivity contribution is 5.79. The number of aromatic hydroxyl groups is 4. The molecular weight excluding hydrogens is 316 g/mol. The van der Waals surface area contributed by atoms with Gasteiger partial charge in [0.1, 0.15) is 23.0 Å². The first-order valence-corrected chi connectivity index (χ1v) is 6.74. The average molecular weight is 336 g/mol. The first-order valence-electron chi connectivity index (χ1n) is 6.74. The fourth-order valence-electron chi connectivity index (χ4n) is 1.26. The van der Waals surface area contributed by atoms with Crippen molar-refractivity contribution in [2.75, 3.05) is 13.1 Å². The molecule has 0 aliphatic carbocycles. The number of phenols is 4. The maximum atomic E-state index is 10.1. The monoisotopic (exact) mass is 336 g/mol. The van der Waals surface area contributed by atoms with Gasteiger partial charge in [-0.25, -0.2) is 0 Å². The van der Waals surface area contributed by atoms with E-state index in [1.807, 2.05) is 0 Å². The van der Waals surface area contributed by atoms with Crippen LogP contribution in [0.4, 0.5) is 0 Å². The zero-order valence-electron chi connectivity index (χ0n) is 12.8. The second-order valence-electron chi connectivity index (χ2n) is 4.30. The Hall–Kier alpha value is -3.10. The van der Waals surface area contributed by atoms with Crippen molar-refractivity contribution in [1.29, 1.82) is 0 Å². The van der Waals surface area contributed by atoms with Crippen LogP contribution in [-0.4, -0.2) is 46.1 Å². The molecule has 8 heteroatoms. The third-order valence-corrected chi connectivity index (χ3v) is 2.45. The van der Waals surface area contributed by atoms with Gasteiger partial charge < -0.3 is 31.9 Å². The number of phenolic OH excluding ortho intramolecular Hbond substituents is 4. The Balaban J connectivity index is 0.000000363. The summed E-state index contributed by atoms with van der Waals surface area (Å²) in [5.41, 5.74) is 10.2. The predicted octanol–water partition coefficient (Wildman–Crippen LogP) is 0.724. The molecule has 2 rings (SSSR count). The maximum absolute atomic E-state index is 10.1. The number of hydrogen-bond donors (Lipinski definition) is 6. The van der Waals surface area contributed by atoms with Crippen molar-refractivity contribution in [3.8, 4) is 23.0 Å². The number of aldehydes is 2. The van der Waals surface area contributed by atoms with Gasteiger partial charge in [-0.1, -0.05) is 0 Å². The lowest BCUT2D eigenvalue weighted by atomic mass is 10.2. The van der Waals surface area contributed by atoms with E-state index in [1.165, 1.54) is 24.3 Å². The minimum absolute atomic E-state index is 0.0527. The molecule has 0 unspecified atom stereocenters. The minimum atomic E-state index is -0.199. The Bertz CT molecular complexity index is 604. The molecule has 0 aliphatic heterocycles. The normalized spacial score (nSPS) is 8.92. The summed E-state index contributed by atoms with van der Waals surface area (Å²) in [5, 5.41) is 35.3. The maximum Gasteiger partial charge on any atom is 0.153 e. The molecule has 0 aliphatic rings. The van der Waals surface area contributed by atoms with E-state index in [0.29, 0.717) is 25.7 Å². The molecular formula is C16H20N2O6. The molecule has 8 N–H and O–H groups in total. The van der Waals surface area contributed by atoms with Crippen LogP contribution in [0.15, 0.2) is 36.4 Å². The van der Waals surface area contributed by atoms with Gasteiger partial charge in [-0.3, -0.25) is 9.59 Å². The molecule has 2 aromatic carbocycles. The lowest BCUT2D eigenvalue weighted by Crippen LogP contribution is -2.11. The highest BCUT2D eigenvalue weighted by Crippen LogP contribution is 2.21. The molecule has 0 spiro atoms. The van der Waals surface area contributed by atoms with Crippen LogP contribution in [0.1, 0.15) is 20.7 Å². The Kier molecular flexibility index (Phi) is 9.98. The van der Waals surface area contributed by atoms with Gasteiger partial charge in [0.05, 0.1) is 11.1 Å². The summed E-state index contributed by atoms with van der Waals surface area (Å²) >= 11 is 0. The smallest absolute Gasteiger partial charge is 0.153 e. The topological polar surface area (TPSA) is 167 Å². The van der Waals surface area contributed by atoms with Crippen LogP contribution in [0, 0.1) is 0 Å². The van der Waals surface area contributed by atoms with Crippen molar-refractivity contribution in [1.82, 2.24) is 0 Å². The summed E-state index contributed by atoms with van der Waals surface area (Å²) in [5.74, 6) is -0.504. The zero-order valence-corrected chi connectivity index (χ0v) is 12.8. The molecule has 2 aromatic rings. The van der Waals surface area contributed by atoms with E-state index in [4.69, 9.17) is 31.9 Å². The summed E-state index contributed by atoms with van der Waals surface area (Å²) < 4.78 is 0. The van der Waals surface area contributed by atoms with Gasteiger partial charge in [0.2, 0.25) is 0 Å². The fourth-order valence-corrected chi connectivity index (χ4v) is 1.26. The van der Waals surface area contributed by atoms with E-state index in [-0.39, 0.29) is 34.1 Å². The molecule has 0 atom stereocenters. The number of hydrogen-bond acceptors (Lipinski definition) is 8. The third kappa shape index (κ3) is 7.78. The van der Waals surface area contributed by atoms with Gasteiger partial charge in [-0.15, -0.1) is 0 Å². The molecule has 0 bridgehead atoms. The Labute approximate surface area is 138 Å². The number of rotatable bonds is 3. The largest absolute Gasteiger partial charge is 0.508 e. The van der Waals surface area contributed by atoms with Crippen molar-refractivity contribution < 1.29 is 30.0 Å². The first-order chi connectivity index (χ1) is 11.4. The first kappa shape index (κ1) is 20.9. The van der Waals surface area contributed by atoms with Crippen molar-refractivity contribution in [3.63, 3.8) is 0 Å². The second kappa shape index (κ2) is 11.5. The molecule has 0 radical (unpaired) electrons. The Morgan fingerprint density at radius 2 is 1.04 bits per heavy atom. The summed E-state index contributed by atoms with van der Waals surface area (Å²) in [6, 6.07) is 7.59. The van der Waals surface area contributed by atoms with Gasteiger partial charge in [-0.2, -0.15) is 0 Å². The second-order valence-corrected chi connectivity index (χ2v) is 4.30. The molecule has 0 saturated heterocycles. The van der Waals surface area contributed by atoms with Crippen LogP contribution in [0.2, 0.25) is 0 Å². The van der Waals surface area contributed by atoms with Crippen molar-refractivity contribution in [2.24, 2.45) is 11.5 Å². The van der Waals surface area contributed by atoms with Crippen molar-refractivity contribution >= 4 is 12.6 Å². The van der Waals surface area contributed by atoms with Gasteiger partial charge in [0, 0.05) is 25.2 Å². The molecule has 0 amide bonds. The predicted molar refractivity (Wildman–Crippen MR) is 88.4 cm³/mol. The van der Waals surface area contributed by atoms with E-state index in [1.54, 1.807) is 0 Å². The van der Waals surface area contributed by atoms with Gasteiger partial charge >= 0.3 is 0 Å². The summed E-state index contributed by atoms with van der Waals surface area (Å²) in [7, 11) is 0. The minimum Gasteiger partial charge on any atom is -0.508 e. The van der Waals surface area contributed by atoms with Crippen LogP contribution in [-0.2, 0) is 0 Å².